The third-order valence-corrected chi connectivity index (χ3v) is 13.4. The van der Waals surface area contributed by atoms with Crippen molar-refractivity contribution in [1.29, 1.82) is 0 Å². The van der Waals surface area contributed by atoms with Crippen LogP contribution in [0.4, 0.5) is 18.4 Å². The van der Waals surface area contributed by atoms with Crippen LogP contribution in [0.3, 0.4) is 0 Å². The molecular formula is C62H66F2N4O12. The summed E-state index contributed by atoms with van der Waals surface area (Å²) in [6.45, 7) is 4.57. The van der Waals surface area contributed by atoms with Gasteiger partial charge in [-0.2, -0.15) is 0 Å². The van der Waals surface area contributed by atoms with Crippen molar-refractivity contribution in [3.8, 4) is 0 Å². The van der Waals surface area contributed by atoms with Crippen LogP contribution >= 0.6 is 0 Å². The highest BCUT2D eigenvalue weighted by Crippen LogP contribution is 2.35. The second-order valence-electron chi connectivity index (χ2n) is 19.1. The van der Waals surface area contributed by atoms with E-state index in [1.165, 1.54) is 12.1 Å². The lowest BCUT2D eigenvalue weighted by atomic mass is 9.90. The van der Waals surface area contributed by atoms with E-state index in [2.05, 4.69) is 21.3 Å². The van der Waals surface area contributed by atoms with Crippen LogP contribution in [0.2, 0.25) is 0 Å². The molecule has 18 heteroatoms. The number of benzene rings is 6. The van der Waals surface area contributed by atoms with Gasteiger partial charge in [-0.15, -0.1) is 0 Å². The summed E-state index contributed by atoms with van der Waals surface area (Å²) in [5, 5.41) is 10.2. The van der Waals surface area contributed by atoms with Gasteiger partial charge in [0.05, 0.1) is 12.2 Å². The largest absolute Gasteiger partial charge is 0.459 e. The van der Waals surface area contributed by atoms with Gasteiger partial charge < -0.3 is 49.7 Å². The molecule has 6 aromatic rings. The van der Waals surface area contributed by atoms with Gasteiger partial charge in [-0.1, -0.05) is 135 Å². The van der Waals surface area contributed by atoms with Gasteiger partial charge in [0.1, 0.15) is 50.1 Å². The first-order valence-corrected chi connectivity index (χ1v) is 26.6. The Balaban J connectivity index is 0.000000231. The maximum atomic E-state index is 14.5. The molecule has 4 N–H and O–H groups in total. The van der Waals surface area contributed by atoms with Gasteiger partial charge in [0.25, 0.3) is 11.8 Å². The van der Waals surface area contributed by atoms with E-state index in [4.69, 9.17) is 28.4 Å². The molecule has 16 nitrogen and oxygen atoms in total. The molecular weight excluding hydrogens is 1030 g/mol. The van der Waals surface area contributed by atoms with E-state index >= 15 is 0 Å². The molecule has 0 saturated carbocycles. The predicted octanol–water partition coefficient (Wildman–Crippen LogP) is 9.75. The minimum atomic E-state index is -1.24. The van der Waals surface area contributed by atoms with Crippen molar-refractivity contribution in [2.75, 3.05) is 26.3 Å². The molecule has 0 bridgehead atoms. The van der Waals surface area contributed by atoms with Gasteiger partial charge >= 0.3 is 24.1 Å². The summed E-state index contributed by atoms with van der Waals surface area (Å²) in [4.78, 5) is 76.8. The van der Waals surface area contributed by atoms with Crippen LogP contribution in [0.5, 0.6) is 0 Å². The lowest BCUT2D eigenvalue weighted by Gasteiger charge is -2.19. The zero-order valence-corrected chi connectivity index (χ0v) is 44.6. The number of amides is 4. The van der Waals surface area contributed by atoms with Crippen molar-refractivity contribution in [3.63, 3.8) is 0 Å². The van der Waals surface area contributed by atoms with Crippen LogP contribution < -0.4 is 21.3 Å². The van der Waals surface area contributed by atoms with Crippen molar-refractivity contribution in [3.05, 3.63) is 214 Å². The molecule has 4 amide bonds. The third kappa shape index (κ3) is 18.3. The lowest BCUT2D eigenvalue weighted by molar-refractivity contribution is -0.148. The van der Waals surface area contributed by atoms with Gasteiger partial charge in [0, 0.05) is 49.3 Å². The molecule has 2 aliphatic heterocycles. The maximum Gasteiger partial charge on any atom is 0.408 e. The Morgan fingerprint density at radius 1 is 0.475 bits per heavy atom. The molecule has 2 fully saturated rings. The summed E-state index contributed by atoms with van der Waals surface area (Å²) in [5.74, 6) is -3.77. The second-order valence-corrected chi connectivity index (χ2v) is 19.1. The number of carbonyl (C=O) groups excluding carboxylic acids is 6. The molecule has 6 aromatic carbocycles. The molecule has 2 heterocycles. The van der Waals surface area contributed by atoms with Crippen LogP contribution in [0.15, 0.2) is 158 Å². The summed E-state index contributed by atoms with van der Waals surface area (Å²) in [6, 6.07) is 42.2. The predicted molar refractivity (Wildman–Crippen MR) is 292 cm³/mol. The fourth-order valence-corrected chi connectivity index (χ4v) is 9.23. The summed E-state index contributed by atoms with van der Waals surface area (Å²) in [5.41, 5.74) is 4.67. The van der Waals surface area contributed by atoms with Gasteiger partial charge in [0.2, 0.25) is 0 Å². The standard InChI is InChI=1S/2C31H33FN2O6/c2*1-2-28-26(13-14-38-28)23-15-24(17-25(32)16-23)29(35)33-18-27(30(36)39-19-21-9-5-3-6-10-21)34-31(37)40-20-22-11-7-4-8-12-22/h2*3-12,15-17,26-28H,2,13-14,18-20H2,1H3,(H,33,35)(H,34,37)/t2*26-,27-,28+/m11/s1. The van der Waals surface area contributed by atoms with Crippen LogP contribution in [-0.2, 0) is 64.4 Å². The van der Waals surface area contributed by atoms with Crippen molar-refractivity contribution in [1.82, 2.24) is 21.3 Å². The summed E-state index contributed by atoms with van der Waals surface area (Å²) < 4.78 is 61.7. The molecule has 0 radical (unpaired) electrons. The van der Waals surface area contributed by atoms with Crippen molar-refractivity contribution in [2.24, 2.45) is 0 Å². The number of hydrogen-bond acceptors (Lipinski definition) is 12. The molecule has 0 aromatic heterocycles. The van der Waals surface area contributed by atoms with Gasteiger partial charge in [-0.05, 0) is 95.5 Å². The Hall–Kier alpha value is -8.48. The van der Waals surface area contributed by atoms with Crippen LogP contribution in [0.1, 0.15) is 105 Å². The highest BCUT2D eigenvalue weighted by molar-refractivity contribution is 5.95. The zero-order valence-electron chi connectivity index (χ0n) is 44.6. The molecule has 0 aliphatic carbocycles. The number of hydrogen-bond donors (Lipinski definition) is 4. The van der Waals surface area contributed by atoms with E-state index in [0.29, 0.717) is 24.3 Å². The Bertz CT molecular complexity index is 2780. The van der Waals surface area contributed by atoms with Gasteiger partial charge in [0.15, 0.2) is 0 Å². The third-order valence-electron chi connectivity index (χ3n) is 13.4. The Labute approximate surface area is 463 Å². The molecule has 0 spiro atoms. The fourth-order valence-electron chi connectivity index (χ4n) is 9.23. The molecule has 8 rings (SSSR count). The van der Waals surface area contributed by atoms with E-state index in [1.807, 2.05) is 86.6 Å². The highest BCUT2D eigenvalue weighted by atomic mass is 19.1. The number of esters is 2. The number of nitrogens with one attached hydrogen (secondary N) is 4. The number of halogens is 2. The van der Waals surface area contributed by atoms with E-state index in [9.17, 15) is 37.5 Å². The van der Waals surface area contributed by atoms with Crippen LogP contribution in [0.25, 0.3) is 0 Å². The topological polar surface area (TPSA) is 206 Å². The molecule has 80 heavy (non-hydrogen) atoms. The van der Waals surface area contributed by atoms with Gasteiger partial charge in [-0.3, -0.25) is 9.59 Å². The first-order valence-electron chi connectivity index (χ1n) is 26.6. The van der Waals surface area contributed by atoms with Crippen LogP contribution in [-0.4, -0.2) is 86.5 Å². The Kier molecular flexibility index (Phi) is 22.6. The summed E-state index contributed by atoms with van der Waals surface area (Å²) >= 11 is 0. The highest BCUT2D eigenvalue weighted by Gasteiger charge is 2.32. The van der Waals surface area contributed by atoms with Crippen molar-refractivity contribution < 1.29 is 66.0 Å². The summed E-state index contributed by atoms with van der Waals surface area (Å²) in [6.07, 6.45) is 1.28. The number of alkyl carbamates (subject to hydrolysis) is 2. The average Bonchev–Trinajstić information content (AvgIpc) is 4.21. The zero-order chi connectivity index (χ0) is 56.6. The van der Waals surface area contributed by atoms with Gasteiger partial charge in [-0.25, -0.2) is 28.0 Å². The fraction of sp³-hybridized carbons (Fsp3) is 0.323. The average molecular weight is 1100 g/mol. The lowest BCUT2D eigenvalue weighted by Crippen LogP contribution is -2.49. The van der Waals surface area contributed by atoms with E-state index in [1.54, 1.807) is 60.7 Å². The summed E-state index contributed by atoms with van der Waals surface area (Å²) in [7, 11) is 0. The van der Waals surface area contributed by atoms with E-state index in [-0.39, 0.29) is 74.7 Å². The SMILES string of the molecule is CC[C@@H]1OCC[C@@H]1c1cc(F)cc(C(=O)NC[C@@H](NC(=O)OCc2ccccc2)C(=O)OCc2ccccc2)c1.CC[C@@H]1OCC[C@@H]1c1cc(F)cc(C(=O)NC[C@@H](NC(=O)OCc2ccccc2)C(=O)OCc2ccccc2)c1. The van der Waals surface area contributed by atoms with E-state index < -0.39 is 59.7 Å². The van der Waals surface area contributed by atoms with E-state index in [0.717, 1.165) is 60.1 Å². The number of rotatable bonds is 22. The molecule has 0 unspecified atom stereocenters. The van der Waals surface area contributed by atoms with Crippen LogP contribution in [0, 0.1) is 11.6 Å². The number of ether oxygens (including phenoxy) is 6. The molecule has 2 saturated heterocycles. The maximum absolute atomic E-state index is 14.5. The molecule has 420 valence electrons. The Morgan fingerprint density at radius 2 is 0.800 bits per heavy atom. The minimum Gasteiger partial charge on any atom is -0.459 e. The smallest absolute Gasteiger partial charge is 0.408 e. The monoisotopic (exact) mass is 1100 g/mol. The second kappa shape index (κ2) is 30.6. The van der Waals surface area contributed by atoms with Crippen molar-refractivity contribution >= 4 is 35.9 Å². The quantitative estimate of drug-likeness (QED) is 0.0370. The first-order chi connectivity index (χ1) is 38.8. The minimum absolute atomic E-state index is 0.000515. The normalized spacial score (nSPS) is 17.1. The first kappa shape index (κ1) is 59.2. The Morgan fingerprint density at radius 3 is 1.12 bits per heavy atom. The number of carbonyl (C=O) groups is 6. The molecule has 6 atom stereocenters. The van der Waals surface area contributed by atoms with Crippen molar-refractivity contribution in [2.45, 2.75) is 102 Å². The molecule has 2 aliphatic rings.